The molecule has 1 aliphatic rings. The smallest absolute Gasteiger partial charge is 0.291 e. The lowest BCUT2D eigenvalue weighted by molar-refractivity contribution is -0.384. The largest absolute Gasteiger partial charge is 0.444 e. The number of benzene rings is 2. The van der Waals surface area contributed by atoms with Crippen molar-refractivity contribution < 1.29 is 18.9 Å². The molecule has 0 aliphatic carbocycles. The zero-order chi connectivity index (χ0) is 21.3. The highest BCUT2D eigenvalue weighted by atomic mass is 79.9. The number of hydrogen-bond donors (Lipinski definition) is 1. The number of non-ortho nitro benzene ring substituents is 1. The summed E-state index contributed by atoms with van der Waals surface area (Å²) in [6, 6.07) is 14.7. The third-order valence-corrected chi connectivity index (χ3v) is 5.27. The standard InChI is InChI=1S/C21H16BrN3O5/c22-19-8-7-18(30-19)21(27)23-15-4-1-13(2-5-15)11-20(26)24-10-9-14-3-6-16(25(28)29)12-17(14)24/h1-8,12H,9-11H2,(H,23,27). The molecule has 2 heterocycles. The molecule has 0 radical (unpaired) electrons. The predicted octanol–water partition coefficient (Wildman–Crippen LogP) is 4.33. The Bertz CT molecular complexity index is 1140. The van der Waals surface area contributed by atoms with Crippen LogP contribution in [0.1, 0.15) is 21.7 Å². The lowest BCUT2D eigenvalue weighted by Gasteiger charge is -2.17. The lowest BCUT2D eigenvalue weighted by atomic mass is 10.1. The Labute approximate surface area is 179 Å². The second kappa shape index (κ2) is 8.11. The number of nitrogens with zero attached hydrogens (tertiary/aromatic N) is 2. The summed E-state index contributed by atoms with van der Waals surface area (Å²) in [5.41, 5.74) is 2.85. The Kier molecular flexibility index (Phi) is 5.37. The molecule has 0 atom stereocenters. The van der Waals surface area contributed by atoms with Gasteiger partial charge in [0, 0.05) is 24.4 Å². The van der Waals surface area contributed by atoms with Gasteiger partial charge < -0.3 is 14.6 Å². The quantitative estimate of drug-likeness (QED) is 0.441. The van der Waals surface area contributed by atoms with Crippen molar-refractivity contribution >= 4 is 44.8 Å². The number of amides is 2. The Balaban J connectivity index is 1.42. The molecule has 8 nitrogen and oxygen atoms in total. The fourth-order valence-electron chi connectivity index (χ4n) is 3.35. The molecule has 0 fully saturated rings. The van der Waals surface area contributed by atoms with Crippen molar-refractivity contribution in [1.82, 2.24) is 0 Å². The number of anilines is 2. The second-order valence-electron chi connectivity index (χ2n) is 6.80. The van der Waals surface area contributed by atoms with Gasteiger partial charge in [-0.05, 0) is 57.7 Å². The number of fused-ring (bicyclic) bond motifs is 1. The minimum Gasteiger partial charge on any atom is -0.444 e. The van der Waals surface area contributed by atoms with E-state index in [4.69, 9.17) is 4.42 Å². The van der Waals surface area contributed by atoms with E-state index in [0.29, 0.717) is 29.0 Å². The van der Waals surface area contributed by atoms with E-state index in [1.807, 2.05) is 0 Å². The normalized spacial score (nSPS) is 12.5. The number of furan rings is 1. The van der Waals surface area contributed by atoms with Gasteiger partial charge in [-0.15, -0.1) is 0 Å². The number of nitrogens with one attached hydrogen (secondary N) is 1. The first-order chi connectivity index (χ1) is 14.4. The van der Waals surface area contributed by atoms with Gasteiger partial charge in [-0.25, -0.2) is 0 Å². The van der Waals surface area contributed by atoms with Crippen LogP contribution in [0.2, 0.25) is 0 Å². The van der Waals surface area contributed by atoms with E-state index in [-0.39, 0.29) is 29.7 Å². The number of carbonyl (C=O) groups excluding carboxylic acids is 2. The van der Waals surface area contributed by atoms with Crippen LogP contribution < -0.4 is 10.2 Å². The summed E-state index contributed by atoms with van der Waals surface area (Å²) in [4.78, 5) is 37.1. The topological polar surface area (TPSA) is 106 Å². The average molecular weight is 470 g/mol. The fourth-order valence-corrected chi connectivity index (χ4v) is 3.65. The molecule has 0 unspecified atom stereocenters. The van der Waals surface area contributed by atoms with Crippen molar-refractivity contribution in [3.8, 4) is 0 Å². The first kappa shape index (κ1) is 19.8. The van der Waals surface area contributed by atoms with Crippen LogP contribution in [0.5, 0.6) is 0 Å². The van der Waals surface area contributed by atoms with Gasteiger partial charge in [-0.3, -0.25) is 19.7 Å². The number of nitro groups is 1. The van der Waals surface area contributed by atoms with Gasteiger partial charge in [0.2, 0.25) is 5.91 Å². The van der Waals surface area contributed by atoms with E-state index in [1.165, 1.54) is 12.1 Å². The zero-order valence-electron chi connectivity index (χ0n) is 15.6. The van der Waals surface area contributed by atoms with Crippen molar-refractivity contribution in [2.45, 2.75) is 12.8 Å². The summed E-state index contributed by atoms with van der Waals surface area (Å²) < 4.78 is 5.68. The first-order valence-electron chi connectivity index (χ1n) is 9.14. The molecule has 0 saturated heterocycles. The summed E-state index contributed by atoms with van der Waals surface area (Å²) in [5.74, 6) is -0.325. The molecule has 9 heteroatoms. The molecule has 3 aromatic rings. The van der Waals surface area contributed by atoms with E-state index in [9.17, 15) is 19.7 Å². The molecule has 0 bridgehead atoms. The van der Waals surface area contributed by atoms with E-state index >= 15 is 0 Å². The number of carbonyl (C=O) groups is 2. The van der Waals surface area contributed by atoms with Crippen LogP contribution in [-0.2, 0) is 17.6 Å². The van der Waals surface area contributed by atoms with Crippen LogP contribution in [0.3, 0.4) is 0 Å². The van der Waals surface area contributed by atoms with Gasteiger partial charge in [0.15, 0.2) is 10.4 Å². The Morgan fingerprint density at radius 3 is 2.57 bits per heavy atom. The van der Waals surface area contributed by atoms with Crippen LogP contribution in [0.15, 0.2) is 63.7 Å². The number of rotatable bonds is 5. The molecule has 1 aromatic heterocycles. The highest BCUT2D eigenvalue weighted by Crippen LogP contribution is 2.32. The van der Waals surface area contributed by atoms with E-state index in [1.54, 1.807) is 47.4 Å². The minimum absolute atomic E-state index is 0.0304. The molecule has 0 spiro atoms. The van der Waals surface area contributed by atoms with Gasteiger partial charge >= 0.3 is 0 Å². The minimum atomic E-state index is -0.463. The van der Waals surface area contributed by atoms with Crippen LogP contribution >= 0.6 is 15.9 Å². The molecule has 4 rings (SSSR count). The van der Waals surface area contributed by atoms with Crippen LogP contribution in [0.25, 0.3) is 0 Å². The first-order valence-corrected chi connectivity index (χ1v) is 9.93. The molecule has 30 heavy (non-hydrogen) atoms. The predicted molar refractivity (Wildman–Crippen MR) is 114 cm³/mol. The maximum absolute atomic E-state index is 12.8. The molecular formula is C21H16BrN3O5. The van der Waals surface area contributed by atoms with Crippen molar-refractivity contribution in [1.29, 1.82) is 0 Å². The van der Waals surface area contributed by atoms with Crippen LogP contribution in [-0.4, -0.2) is 23.3 Å². The fraction of sp³-hybridized carbons (Fsp3) is 0.143. The van der Waals surface area contributed by atoms with Gasteiger partial charge in [-0.2, -0.15) is 0 Å². The van der Waals surface area contributed by atoms with Gasteiger partial charge in [0.1, 0.15) is 0 Å². The average Bonchev–Trinajstić information content (AvgIpc) is 3.35. The van der Waals surface area contributed by atoms with Gasteiger partial charge in [-0.1, -0.05) is 18.2 Å². The Hall–Kier alpha value is -3.46. The summed E-state index contributed by atoms with van der Waals surface area (Å²) in [5, 5.41) is 13.8. The molecule has 0 saturated carbocycles. The highest BCUT2D eigenvalue weighted by molar-refractivity contribution is 9.10. The Morgan fingerprint density at radius 2 is 1.90 bits per heavy atom. The molecule has 1 N–H and O–H groups in total. The van der Waals surface area contributed by atoms with Crippen LogP contribution in [0.4, 0.5) is 17.1 Å². The van der Waals surface area contributed by atoms with Crippen LogP contribution in [0, 0.1) is 10.1 Å². The second-order valence-corrected chi connectivity index (χ2v) is 7.58. The highest BCUT2D eigenvalue weighted by Gasteiger charge is 2.26. The lowest BCUT2D eigenvalue weighted by Crippen LogP contribution is -2.30. The third kappa shape index (κ3) is 4.11. The van der Waals surface area contributed by atoms with Crippen molar-refractivity contribution in [2.24, 2.45) is 0 Å². The zero-order valence-corrected chi connectivity index (χ0v) is 17.2. The van der Waals surface area contributed by atoms with Crippen molar-refractivity contribution in [3.63, 3.8) is 0 Å². The van der Waals surface area contributed by atoms with E-state index in [2.05, 4.69) is 21.2 Å². The van der Waals surface area contributed by atoms with E-state index < -0.39 is 4.92 Å². The van der Waals surface area contributed by atoms with Crippen molar-refractivity contribution in [3.05, 3.63) is 86.3 Å². The van der Waals surface area contributed by atoms with E-state index in [0.717, 1.165) is 11.1 Å². The molecule has 2 amide bonds. The molecule has 152 valence electrons. The maximum atomic E-state index is 12.8. The summed E-state index contributed by atoms with van der Waals surface area (Å²) in [7, 11) is 0. The molecular weight excluding hydrogens is 454 g/mol. The number of halogens is 1. The van der Waals surface area contributed by atoms with Crippen molar-refractivity contribution in [2.75, 3.05) is 16.8 Å². The molecule has 1 aliphatic heterocycles. The summed E-state index contributed by atoms with van der Waals surface area (Å²) in [6.07, 6.45) is 0.828. The van der Waals surface area contributed by atoms with Gasteiger partial charge in [0.05, 0.1) is 17.0 Å². The third-order valence-electron chi connectivity index (χ3n) is 4.84. The summed E-state index contributed by atoms with van der Waals surface area (Å²) in [6.45, 7) is 0.502. The Morgan fingerprint density at radius 1 is 1.13 bits per heavy atom. The summed E-state index contributed by atoms with van der Waals surface area (Å²) >= 11 is 3.15. The number of hydrogen-bond acceptors (Lipinski definition) is 5. The monoisotopic (exact) mass is 469 g/mol. The molecule has 2 aromatic carbocycles. The number of nitro benzene ring substituents is 1. The maximum Gasteiger partial charge on any atom is 0.291 e. The SMILES string of the molecule is O=C(Nc1ccc(CC(=O)N2CCc3ccc([N+](=O)[O-])cc32)cc1)c1ccc(Br)o1. The van der Waals surface area contributed by atoms with Gasteiger partial charge in [0.25, 0.3) is 11.6 Å².